The van der Waals surface area contributed by atoms with Gasteiger partial charge in [0.25, 0.3) is 5.91 Å². The lowest BCUT2D eigenvalue weighted by atomic mass is 10.0. The molecule has 154 valence electrons. The summed E-state index contributed by atoms with van der Waals surface area (Å²) in [5.74, 6) is 0.985. The van der Waals surface area contributed by atoms with E-state index in [-0.39, 0.29) is 11.8 Å². The van der Waals surface area contributed by atoms with Crippen LogP contribution in [0.5, 0.6) is 11.5 Å². The van der Waals surface area contributed by atoms with Crippen LogP contribution < -0.4 is 19.7 Å². The lowest BCUT2D eigenvalue weighted by Gasteiger charge is -2.20. The quantitative estimate of drug-likeness (QED) is 0.687. The van der Waals surface area contributed by atoms with E-state index in [9.17, 15) is 9.59 Å². The average molecular weight is 396 g/mol. The maximum atomic E-state index is 13.1. The topological polar surface area (TPSA) is 67.9 Å². The number of carbonyl (C=O) groups excluding carboxylic acids is 2. The van der Waals surface area contributed by atoms with Gasteiger partial charge in [0, 0.05) is 12.5 Å². The Kier molecular flexibility index (Phi) is 6.42. The molecule has 6 heteroatoms. The van der Waals surface area contributed by atoms with E-state index in [1.165, 1.54) is 6.92 Å². The first-order valence-electron chi connectivity index (χ1n) is 9.94. The maximum Gasteiger partial charge on any atom is 0.254 e. The summed E-state index contributed by atoms with van der Waals surface area (Å²) in [4.78, 5) is 26.5. The summed E-state index contributed by atoms with van der Waals surface area (Å²) in [5.41, 5.74) is 3.61. The summed E-state index contributed by atoms with van der Waals surface area (Å²) < 4.78 is 11.3. The van der Waals surface area contributed by atoms with E-state index in [4.69, 9.17) is 9.47 Å². The molecule has 0 aliphatic carbocycles. The maximum absolute atomic E-state index is 13.1. The molecule has 1 heterocycles. The van der Waals surface area contributed by atoms with Crippen LogP contribution in [-0.4, -0.2) is 25.5 Å². The van der Waals surface area contributed by atoms with E-state index in [1.807, 2.05) is 43.3 Å². The Morgan fingerprint density at radius 1 is 1.21 bits per heavy atom. The van der Waals surface area contributed by atoms with Gasteiger partial charge in [-0.1, -0.05) is 37.6 Å². The fraction of sp³-hybridized carbons (Fsp3) is 0.391. The molecule has 2 amide bonds. The minimum absolute atomic E-state index is 0.133. The molecule has 0 saturated heterocycles. The number of anilines is 1. The van der Waals surface area contributed by atoms with Gasteiger partial charge < -0.3 is 19.7 Å². The van der Waals surface area contributed by atoms with Gasteiger partial charge in [-0.15, -0.1) is 0 Å². The molecule has 6 nitrogen and oxygen atoms in total. The molecule has 3 rings (SSSR count). The van der Waals surface area contributed by atoms with Crippen LogP contribution in [0, 0.1) is 6.92 Å². The number of hydrogen-bond acceptors (Lipinski definition) is 4. The fourth-order valence-corrected chi connectivity index (χ4v) is 3.62. The number of fused-ring (bicyclic) bond motifs is 1. The molecule has 0 unspecified atom stereocenters. The highest BCUT2D eigenvalue weighted by molar-refractivity contribution is 6.06. The molecule has 0 saturated carbocycles. The van der Waals surface area contributed by atoms with Crippen LogP contribution in [0.3, 0.4) is 0 Å². The number of hydrogen-bond donors (Lipinski definition) is 1. The van der Waals surface area contributed by atoms with E-state index in [0.29, 0.717) is 24.7 Å². The number of carbonyl (C=O) groups is 2. The molecule has 1 N–H and O–H groups in total. The number of para-hydroxylation sites is 1. The number of amides is 2. The number of methoxy groups -OCH3 is 1. The molecule has 1 aliphatic heterocycles. The van der Waals surface area contributed by atoms with Crippen LogP contribution in [0.25, 0.3) is 0 Å². The second-order valence-electron chi connectivity index (χ2n) is 7.26. The molecular formula is C23H28N2O4. The SMILES string of the molecule is CCCCOc1ccc(CN2C(=O)[C@H](NC(C)=O)c3cccc(C)c32)cc1OC. The minimum Gasteiger partial charge on any atom is -0.493 e. The normalized spacial score (nSPS) is 15.2. The molecule has 1 aliphatic rings. The third kappa shape index (κ3) is 4.36. The number of aryl methyl sites for hydroxylation is 1. The zero-order chi connectivity index (χ0) is 21.0. The Bertz CT molecular complexity index is 910. The number of unbranched alkanes of at least 4 members (excludes halogenated alkanes) is 1. The zero-order valence-electron chi connectivity index (χ0n) is 17.5. The van der Waals surface area contributed by atoms with Crippen molar-refractivity contribution >= 4 is 17.5 Å². The van der Waals surface area contributed by atoms with Gasteiger partial charge in [0.05, 0.1) is 25.9 Å². The number of rotatable bonds is 8. The Morgan fingerprint density at radius 2 is 2.00 bits per heavy atom. The number of benzene rings is 2. The standard InChI is InChI=1S/C23H28N2O4/c1-5-6-12-29-19-11-10-17(13-20(19)28-4)14-25-22-15(2)8-7-9-18(22)21(23(25)27)24-16(3)26/h7-11,13,21H,5-6,12,14H2,1-4H3,(H,24,26)/t21-/m1/s1. The molecule has 0 aromatic heterocycles. The predicted octanol–water partition coefficient (Wildman–Crippen LogP) is 3.91. The van der Waals surface area contributed by atoms with Crippen molar-refractivity contribution in [3.63, 3.8) is 0 Å². The highest BCUT2D eigenvalue weighted by atomic mass is 16.5. The third-order valence-corrected chi connectivity index (χ3v) is 5.03. The highest BCUT2D eigenvalue weighted by Crippen LogP contribution is 2.40. The third-order valence-electron chi connectivity index (χ3n) is 5.03. The predicted molar refractivity (Wildman–Crippen MR) is 112 cm³/mol. The first-order chi connectivity index (χ1) is 14.0. The van der Waals surface area contributed by atoms with Gasteiger partial charge in [-0.2, -0.15) is 0 Å². The van der Waals surface area contributed by atoms with Gasteiger partial charge in [0.15, 0.2) is 11.5 Å². The van der Waals surface area contributed by atoms with E-state index < -0.39 is 6.04 Å². The van der Waals surface area contributed by atoms with Gasteiger partial charge in [-0.3, -0.25) is 9.59 Å². The van der Waals surface area contributed by atoms with Crippen LogP contribution in [-0.2, 0) is 16.1 Å². The number of nitrogens with one attached hydrogen (secondary N) is 1. The monoisotopic (exact) mass is 396 g/mol. The smallest absolute Gasteiger partial charge is 0.254 e. The summed E-state index contributed by atoms with van der Waals surface area (Å²) in [6, 6.07) is 10.9. The van der Waals surface area contributed by atoms with E-state index >= 15 is 0 Å². The van der Waals surface area contributed by atoms with Crippen molar-refractivity contribution in [2.24, 2.45) is 0 Å². The van der Waals surface area contributed by atoms with Crippen molar-refractivity contribution in [1.29, 1.82) is 0 Å². The Hall–Kier alpha value is -3.02. The van der Waals surface area contributed by atoms with Gasteiger partial charge in [-0.05, 0) is 36.6 Å². The lowest BCUT2D eigenvalue weighted by Crippen LogP contribution is -2.36. The van der Waals surface area contributed by atoms with E-state index in [1.54, 1.807) is 12.0 Å². The summed E-state index contributed by atoms with van der Waals surface area (Å²) in [6.45, 7) is 6.54. The highest BCUT2D eigenvalue weighted by Gasteiger charge is 2.38. The molecule has 0 radical (unpaired) electrons. The molecule has 2 aromatic rings. The van der Waals surface area contributed by atoms with Crippen molar-refractivity contribution in [3.05, 3.63) is 53.1 Å². The molecule has 2 aromatic carbocycles. The van der Waals surface area contributed by atoms with Gasteiger partial charge >= 0.3 is 0 Å². The van der Waals surface area contributed by atoms with Crippen LogP contribution in [0.2, 0.25) is 0 Å². The summed E-state index contributed by atoms with van der Waals surface area (Å²) in [7, 11) is 1.61. The molecule has 1 atom stereocenters. The summed E-state index contributed by atoms with van der Waals surface area (Å²) >= 11 is 0. The molecule has 29 heavy (non-hydrogen) atoms. The first-order valence-corrected chi connectivity index (χ1v) is 9.94. The van der Waals surface area contributed by atoms with Crippen molar-refractivity contribution < 1.29 is 19.1 Å². The summed E-state index contributed by atoms with van der Waals surface area (Å²) in [6.07, 6.45) is 2.04. The minimum atomic E-state index is -0.652. The number of ether oxygens (including phenoxy) is 2. The zero-order valence-corrected chi connectivity index (χ0v) is 17.5. The van der Waals surface area contributed by atoms with Crippen LogP contribution in [0.15, 0.2) is 36.4 Å². The average Bonchev–Trinajstić information content (AvgIpc) is 2.95. The van der Waals surface area contributed by atoms with Crippen LogP contribution >= 0.6 is 0 Å². The number of nitrogens with zero attached hydrogens (tertiary/aromatic N) is 1. The Labute approximate surface area is 171 Å². The Morgan fingerprint density at radius 3 is 2.69 bits per heavy atom. The Balaban J connectivity index is 1.88. The first kappa shape index (κ1) is 20.7. The molecular weight excluding hydrogens is 368 g/mol. The summed E-state index contributed by atoms with van der Waals surface area (Å²) in [5, 5.41) is 2.78. The fourth-order valence-electron chi connectivity index (χ4n) is 3.62. The van der Waals surface area contributed by atoms with Crippen molar-refractivity contribution in [2.75, 3.05) is 18.6 Å². The van der Waals surface area contributed by atoms with Gasteiger partial charge in [-0.25, -0.2) is 0 Å². The second kappa shape index (κ2) is 8.99. The van der Waals surface area contributed by atoms with E-state index in [0.717, 1.165) is 35.2 Å². The van der Waals surface area contributed by atoms with E-state index in [2.05, 4.69) is 12.2 Å². The van der Waals surface area contributed by atoms with Gasteiger partial charge in [0.1, 0.15) is 6.04 Å². The van der Waals surface area contributed by atoms with Crippen LogP contribution in [0.4, 0.5) is 5.69 Å². The molecule has 0 fully saturated rings. The molecule has 0 bridgehead atoms. The van der Waals surface area contributed by atoms with Crippen molar-refractivity contribution in [2.45, 2.75) is 46.2 Å². The largest absolute Gasteiger partial charge is 0.493 e. The van der Waals surface area contributed by atoms with Crippen LogP contribution in [0.1, 0.15) is 49.4 Å². The van der Waals surface area contributed by atoms with Crippen molar-refractivity contribution in [3.8, 4) is 11.5 Å². The van der Waals surface area contributed by atoms with Crippen molar-refractivity contribution in [1.82, 2.24) is 5.32 Å². The lowest BCUT2D eigenvalue weighted by molar-refractivity contribution is -0.126. The van der Waals surface area contributed by atoms with Gasteiger partial charge in [0.2, 0.25) is 5.91 Å². The second-order valence-corrected chi connectivity index (χ2v) is 7.26. The molecule has 0 spiro atoms.